The topological polar surface area (TPSA) is 100 Å². The van der Waals surface area contributed by atoms with Crippen LogP contribution in [-0.2, 0) is 0 Å². The van der Waals surface area contributed by atoms with Crippen LogP contribution < -0.4 is 16.0 Å². The second-order valence-electron chi connectivity index (χ2n) is 6.14. The third kappa shape index (κ3) is 3.18. The Morgan fingerprint density at radius 2 is 1.76 bits per heavy atom. The average Bonchev–Trinajstić information content (AvgIpc) is 3.02. The highest BCUT2D eigenvalue weighted by molar-refractivity contribution is 5.43. The van der Waals surface area contributed by atoms with Crippen LogP contribution >= 0.6 is 0 Å². The maximum absolute atomic E-state index is 9.78. The van der Waals surface area contributed by atoms with Gasteiger partial charge in [0.1, 0.15) is 0 Å². The van der Waals surface area contributed by atoms with Gasteiger partial charge < -0.3 is 21.1 Å². The lowest BCUT2D eigenvalue weighted by Gasteiger charge is -2.36. The van der Waals surface area contributed by atoms with E-state index >= 15 is 0 Å². The summed E-state index contributed by atoms with van der Waals surface area (Å²) < 4.78 is 0. The highest BCUT2D eigenvalue weighted by Gasteiger charge is 2.32. The van der Waals surface area contributed by atoms with Gasteiger partial charge in [-0.15, -0.1) is 0 Å². The largest absolute Gasteiger partial charge is 0.394 e. The number of rotatable bonds is 4. The van der Waals surface area contributed by atoms with E-state index < -0.39 is 0 Å². The fourth-order valence-corrected chi connectivity index (χ4v) is 3.28. The molecule has 1 saturated carbocycles. The summed E-state index contributed by atoms with van der Waals surface area (Å²) in [6, 6.07) is 0. The summed E-state index contributed by atoms with van der Waals surface area (Å²) in [4.78, 5) is 15.1. The van der Waals surface area contributed by atoms with Crippen LogP contribution in [0.2, 0.25) is 0 Å². The SMILES string of the molecule is Nc1nc(NC2(CO)CCCCC2)nc(N2CCCC2)n1. The number of nitrogens with zero attached hydrogens (tertiary/aromatic N) is 4. The van der Waals surface area contributed by atoms with Crippen molar-refractivity contribution >= 4 is 17.8 Å². The number of aliphatic hydroxyl groups is 1. The van der Waals surface area contributed by atoms with Crippen molar-refractivity contribution in [3.63, 3.8) is 0 Å². The van der Waals surface area contributed by atoms with Crippen molar-refractivity contribution < 1.29 is 5.11 Å². The minimum atomic E-state index is -0.311. The number of anilines is 3. The van der Waals surface area contributed by atoms with Gasteiger partial charge in [0.15, 0.2) is 0 Å². The lowest BCUT2D eigenvalue weighted by Crippen LogP contribution is -2.44. The number of hydrogen-bond acceptors (Lipinski definition) is 7. The van der Waals surface area contributed by atoms with Gasteiger partial charge in [-0.2, -0.15) is 15.0 Å². The van der Waals surface area contributed by atoms with Crippen molar-refractivity contribution in [2.75, 3.05) is 35.6 Å². The minimum absolute atomic E-state index is 0.0949. The van der Waals surface area contributed by atoms with Crippen LogP contribution in [0.4, 0.5) is 17.8 Å². The number of nitrogen functional groups attached to an aromatic ring is 1. The first-order chi connectivity index (χ1) is 10.2. The van der Waals surface area contributed by atoms with Crippen molar-refractivity contribution in [1.29, 1.82) is 0 Å². The Morgan fingerprint density at radius 3 is 2.43 bits per heavy atom. The molecule has 0 aromatic carbocycles. The molecule has 0 amide bonds. The van der Waals surface area contributed by atoms with Crippen molar-refractivity contribution in [2.45, 2.75) is 50.5 Å². The maximum atomic E-state index is 9.78. The van der Waals surface area contributed by atoms with E-state index in [0.717, 1.165) is 51.6 Å². The molecule has 7 heteroatoms. The van der Waals surface area contributed by atoms with Crippen LogP contribution in [0.15, 0.2) is 0 Å². The number of nitrogens with one attached hydrogen (secondary N) is 1. The summed E-state index contributed by atoms with van der Waals surface area (Å²) in [7, 11) is 0. The van der Waals surface area contributed by atoms with Gasteiger partial charge in [0, 0.05) is 13.1 Å². The summed E-state index contributed by atoms with van der Waals surface area (Å²) in [6.07, 6.45) is 7.66. The first kappa shape index (κ1) is 14.3. The summed E-state index contributed by atoms with van der Waals surface area (Å²) >= 11 is 0. The highest BCUT2D eigenvalue weighted by atomic mass is 16.3. The monoisotopic (exact) mass is 292 g/mol. The first-order valence-electron chi connectivity index (χ1n) is 7.86. The van der Waals surface area contributed by atoms with Crippen molar-refractivity contribution in [3.8, 4) is 0 Å². The van der Waals surface area contributed by atoms with Crippen molar-refractivity contribution in [2.24, 2.45) is 0 Å². The molecule has 1 aliphatic heterocycles. The maximum Gasteiger partial charge on any atom is 0.231 e. The molecule has 0 bridgehead atoms. The Labute approximate surface area is 125 Å². The third-order valence-electron chi connectivity index (χ3n) is 4.52. The van der Waals surface area contributed by atoms with Gasteiger partial charge in [-0.3, -0.25) is 0 Å². The van der Waals surface area contributed by atoms with Gasteiger partial charge in [0.05, 0.1) is 12.1 Å². The van der Waals surface area contributed by atoms with E-state index in [1.807, 2.05) is 0 Å². The van der Waals surface area contributed by atoms with Crippen LogP contribution in [0.3, 0.4) is 0 Å². The van der Waals surface area contributed by atoms with Gasteiger partial charge in [0.2, 0.25) is 17.8 Å². The van der Waals surface area contributed by atoms with Crippen LogP contribution in [0, 0.1) is 0 Å². The molecule has 7 nitrogen and oxygen atoms in total. The smallest absolute Gasteiger partial charge is 0.231 e. The third-order valence-corrected chi connectivity index (χ3v) is 4.52. The van der Waals surface area contributed by atoms with E-state index in [-0.39, 0.29) is 18.1 Å². The normalized spacial score (nSPS) is 21.5. The van der Waals surface area contributed by atoms with Gasteiger partial charge in [-0.25, -0.2) is 0 Å². The lowest BCUT2D eigenvalue weighted by atomic mass is 9.82. The molecule has 2 heterocycles. The molecule has 4 N–H and O–H groups in total. The quantitative estimate of drug-likeness (QED) is 0.765. The molecule has 0 spiro atoms. The van der Waals surface area contributed by atoms with E-state index in [1.165, 1.54) is 6.42 Å². The van der Waals surface area contributed by atoms with Crippen LogP contribution in [0.25, 0.3) is 0 Å². The Morgan fingerprint density at radius 1 is 1.05 bits per heavy atom. The molecule has 0 atom stereocenters. The summed E-state index contributed by atoms with van der Waals surface area (Å²) in [5.41, 5.74) is 5.51. The van der Waals surface area contributed by atoms with Crippen LogP contribution in [-0.4, -0.2) is 45.3 Å². The molecule has 1 aromatic rings. The molecule has 0 unspecified atom stereocenters. The number of aliphatic hydroxyl groups excluding tert-OH is 1. The Balaban J connectivity index is 1.80. The Hall–Kier alpha value is -1.63. The molecule has 116 valence electrons. The molecule has 0 radical (unpaired) electrons. The highest BCUT2D eigenvalue weighted by Crippen LogP contribution is 2.31. The standard InChI is InChI=1S/C14H24N6O/c15-11-16-12(18-13(17-11)20-8-4-5-9-20)19-14(10-21)6-2-1-3-7-14/h21H,1-10H2,(H3,15,16,17,18,19). The van der Waals surface area contributed by atoms with Gasteiger partial charge in [-0.1, -0.05) is 19.3 Å². The summed E-state index contributed by atoms with van der Waals surface area (Å²) in [5.74, 6) is 1.37. The fourth-order valence-electron chi connectivity index (χ4n) is 3.28. The molecule has 1 saturated heterocycles. The number of aromatic nitrogens is 3. The molecule has 1 aromatic heterocycles. The van der Waals surface area contributed by atoms with Gasteiger partial charge in [-0.05, 0) is 25.7 Å². The second kappa shape index (κ2) is 6.01. The Bertz CT molecular complexity index is 482. The van der Waals surface area contributed by atoms with E-state index in [2.05, 4.69) is 25.2 Å². The molecular formula is C14H24N6O. The molecule has 3 rings (SSSR count). The van der Waals surface area contributed by atoms with Crippen LogP contribution in [0.5, 0.6) is 0 Å². The minimum Gasteiger partial charge on any atom is -0.394 e. The van der Waals surface area contributed by atoms with E-state index in [0.29, 0.717) is 11.9 Å². The Kier molecular flexibility index (Phi) is 4.10. The summed E-state index contributed by atoms with van der Waals surface area (Å²) in [5, 5.41) is 13.1. The average molecular weight is 292 g/mol. The van der Waals surface area contributed by atoms with E-state index in [1.54, 1.807) is 0 Å². The van der Waals surface area contributed by atoms with Gasteiger partial charge >= 0.3 is 0 Å². The zero-order valence-electron chi connectivity index (χ0n) is 12.4. The van der Waals surface area contributed by atoms with Crippen LogP contribution in [0.1, 0.15) is 44.9 Å². The first-order valence-corrected chi connectivity index (χ1v) is 7.86. The van der Waals surface area contributed by atoms with Crippen molar-refractivity contribution in [1.82, 2.24) is 15.0 Å². The molecule has 21 heavy (non-hydrogen) atoms. The zero-order valence-corrected chi connectivity index (χ0v) is 12.4. The molecule has 2 aliphatic rings. The van der Waals surface area contributed by atoms with E-state index in [4.69, 9.17) is 5.73 Å². The van der Waals surface area contributed by atoms with Gasteiger partial charge in [0.25, 0.3) is 0 Å². The second-order valence-corrected chi connectivity index (χ2v) is 6.14. The van der Waals surface area contributed by atoms with E-state index in [9.17, 15) is 5.11 Å². The predicted octanol–water partition coefficient (Wildman–Crippen LogP) is 1.16. The lowest BCUT2D eigenvalue weighted by molar-refractivity contribution is 0.172. The molecule has 2 fully saturated rings. The fraction of sp³-hybridized carbons (Fsp3) is 0.786. The number of hydrogen-bond donors (Lipinski definition) is 3. The summed E-state index contributed by atoms with van der Waals surface area (Å²) in [6.45, 7) is 2.03. The predicted molar refractivity (Wildman–Crippen MR) is 82.2 cm³/mol. The molecular weight excluding hydrogens is 268 g/mol. The molecule has 1 aliphatic carbocycles. The number of nitrogens with two attached hydrogens (primary N) is 1. The van der Waals surface area contributed by atoms with Crippen molar-refractivity contribution in [3.05, 3.63) is 0 Å². The zero-order chi connectivity index (χ0) is 14.7.